The van der Waals surface area contributed by atoms with Gasteiger partial charge in [-0.05, 0) is 12.1 Å². The molecule has 0 aromatic heterocycles. The predicted octanol–water partition coefficient (Wildman–Crippen LogP) is 2.05. The van der Waals surface area contributed by atoms with Crippen LogP contribution in [0.25, 0.3) is 0 Å². The molecule has 1 aliphatic heterocycles. The zero-order valence-electron chi connectivity index (χ0n) is 11.8. The Hall–Kier alpha value is -1.40. The Labute approximate surface area is 117 Å². The lowest BCUT2D eigenvalue weighted by Gasteiger charge is -2.28. The van der Waals surface area contributed by atoms with Gasteiger partial charge in [0, 0.05) is 38.3 Å². The van der Waals surface area contributed by atoms with E-state index in [9.17, 15) is 8.78 Å². The fourth-order valence-electron chi connectivity index (χ4n) is 2.39. The first-order valence-corrected chi connectivity index (χ1v) is 6.61. The van der Waals surface area contributed by atoms with E-state index >= 15 is 0 Å². The van der Waals surface area contributed by atoms with Crippen LogP contribution in [-0.4, -0.2) is 45.3 Å². The van der Waals surface area contributed by atoms with Gasteiger partial charge in [0.2, 0.25) is 0 Å². The van der Waals surface area contributed by atoms with Crippen LogP contribution in [-0.2, 0) is 6.54 Å². The van der Waals surface area contributed by atoms with Crippen molar-refractivity contribution in [2.75, 3.05) is 40.4 Å². The topological polar surface area (TPSA) is 33.7 Å². The van der Waals surface area contributed by atoms with Gasteiger partial charge in [0.25, 0.3) is 6.43 Å². The van der Waals surface area contributed by atoms with Gasteiger partial charge in [-0.25, -0.2) is 8.78 Å². The van der Waals surface area contributed by atoms with Crippen molar-refractivity contribution in [3.8, 4) is 11.5 Å². The molecule has 0 amide bonds. The average Bonchev–Trinajstić information content (AvgIpc) is 2.47. The lowest BCUT2D eigenvalue weighted by Crippen LogP contribution is -2.42. The Morgan fingerprint density at radius 1 is 1.15 bits per heavy atom. The maximum Gasteiger partial charge on any atom is 0.267 e. The molecule has 1 heterocycles. The second kappa shape index (κ2) is 6.85. The first-order chi connectivity index (χ1) is 9.65. The molecule has 1 aromatic carbocycles. The van der Waals surface area contributed by atoms with Gasteiger partial charge < -0.3 is 14.8 Å². The summed E-state index contributed by atoms with van der Waals surface area (Å²) < 4.78 is 36.2. The third kappa shape index (κ3) is 3.37. The first kappa shape index (κ1) is 15.0. The molecule has 0 saturated carbocycles. The van der Waals surface area contributed by atoms with Crippen molar-refractivity contribution in [2.24, 2.45) is 0 Å². The van der Waals surface area contributed by atoms with Crippen LogP contribution in [0.5, 0.6) is 11.5 Å². The zero-order valence-corrected chi connectivity index (χ0v) is 11.8. The molecule has 0 bridgehead atoms. The zero-order chi connectivity index (χ0) is 14.5. The van der Waals surface area contributed by atoms with Crippen molar-refractivity contribution in [3.05, 3.63) is 23.3 Å². The quantitative estimate of drug-likeness (QED) is 0.898. The standard InChI is InChI=1S/C14H20F2N2O2/c1-19-12-8-11(14(15)16)13(20-2)7-10(12)9-18-5-3-17-4-6-18/h7-8,14,17H,3-6,9H2,1-2H3. The molecular formula is C14H20F2N2O2. The number of alkyl halides is 2. The summed E-state index contributed by atoms with van der Waals surface area (Å²) in [5.41, 5.74) is 0.740. The average molecular weight is 286 g/mol. The highest BCUT2D eigenvalue weighted by atomic mass is 19.3. The van der Waals surface area contributed by atoms with Crippen molar-refractivity contribution in [3.63, 3.8) is 0 Å². The molecule has 1 saturated heterocycles. The van der Waals surface area contributed by atoms with Gasteiger partial charge in [-0.15, -0.1) is 0 Å². The van der Waals surface area contributed by atoms with E-state index in [1.165, 1.54) is 20.3 Å². The van der Waals surface area contributed by atoms with Crippen LogP contribution in [0.4, 0.5) is 8.78 Å². The second-order valence-electron chi connectivity index (χ2n) is 4.73. The van der Waals surface area contributed by atoms with E-state index in [0.717, 1.165) is 31.7 Å². The molecule has 1 fully saturated rings. The minimum Gasteiger partial charge on any atom is -0.496 e. The molecule has 0 atom stereocenters. The number of nitrogens with zero attached hydrogens (tertiary/aromatic N) is 1. The summed E-state index contributed by atoms with van der Waals surface area (Å²) in [5, 5.41) is 3.28. The summed E-state index contributed by atoms with van der Waals surface area (Å²) in [5.74, 6) is 0.700. The minimum absolute atomic E-state index is 0.131. The number of hydrogen-bond donors (Lipinski definition) is 1. The molecule has 1 aliphatic rings. The number of piperazine rings is 1. The highest BCUT2D eigenvalue weighted by Gasteiger charge is 2.20. The number of rotatable bonds is 5. The fourth-order valence-corrected chi connectivity index (χ4v) is 2.39. The molecule has 6 heteroatoms. The van der Waals surface area contributed by atoms with Gasteiger partial charge in [0.15, 0.2) is 0 Å². The van der Waals surface area contributed by atoms with Crippen molar-refractivity contribution in [1.82, 2.24) is 10.2 Å². The summed E-state index contributed by atoms with van der Waals surface area (Å²) in [6.45, 7) is 4.41. The van der Waals surface area contributed by atoms with E-state index in [0.29, 0.717) is 12.3 Å². The lowest BCUT2D eigenvalue weighted by molar-refractivity contribution is 0.146. The van der Waals surface area contributed by atoms with E-state index in [4.69, 9.17) is 9.47 Å². The first-order valence-electron chi connectivity index (χ1n) is 6.61. The van der Waals surface area contributed by atoms with Gasteiger partial charge in [-0.2, -0.15) is 0 Å². The third-order valence-corrected chi connectivity index (χ3v) is 3.47. The van der Waals surface area contributed by atoms with Crippen molar-refractivity contribution >= 4 is 0 Å². The van der Waals surface area contributed by atoms with Crippen LogP contribution in [0.3, 0.4) is 0 Å². The van der Waals surface area contributed by atoms with Gasteiger partial charge >= 0.3 is 0 Å². The highest BCUT2D eigenvalue weighted by Crippen LogP contribution is 2.35. The third-order valence-electron chi connectivity index (χ3n) is 3.47. The molecule has 0 unspecified atom stereocenters. The number of hydrogen-bond acceptors (Lipinski definition) is 4. The molecule has 0 radical (unpaired) electrons. The monoisotopic (exact) mass is 286 g/mol. The normalized spacial score (nSPS) is 16.4. The maximum absolute atomic E-state index is 13.0. The second-order valence-corrected chi connectivity index (χ2v) is 4.73. The molecule has 20 heavy (non-hydrogen) atoms. The summed E-state index contributed by atoms with van der Waals surface area (Å²) in [4.78, 5) is 2.26. The van der Waals surface area contributed by atoms with Gasteiger partial charge in [-0.3, -0.25) is 4.90 Å². The summed E-state index contributed by atoms with van der Waals surface area (Å²) in [6, 6.07) is 3.03. The SMILES string of the molecule is COc1cc(C(F)F)c(OC)cc1CN1CCNCC1. The highest BCUT2D eigenvalue weighted by molar-refractivity contribution is 5.47. The van der Waals surface area contributed by atoms with Gasteiger partial charge in [-0.1, -0.05) is 0 Å². The predicted molar refractivity (Wildman–Crippen MR) is 72.6 cm³/mol. The van der Waals surface area contributed by atoms with Crippen molar-refractivity contribution in [2.45, 2.75) is 13.0 Å². The smallest absolute Gasteiger partial charge is 0.267 e. The van der Waals surface area contributed by atoms with E-state index in [1.54, 1.807) is 6.07 Å². The molecule has 0 spiro atoms. The van der Waals surface area contributed by atoms with Crippen molar-refractivity contribution in [1.29, 1.82) is 0 Å². The Kier molecular flexibility index (Phi) is 5.14. The number of halogens is 2. The van der Waals surface area contributed by atoms with Crippen LogP contribution in [0.1, 0.15) is 17.6 Å². The Balaban J connectivity index is 2.26. The Bertz CT molecular complexity index is 449. The number of methoxy groups -OCH3 is 2. The molecule has 1 N–H and O–H groups in total. The Morgan fingerprint density at radius 3 is 2.35 bits per heavy atom. The summed E-state index contributed by atoms with van der Waals surface area (Å²) >= 11 is 0. The van der Waals surface area contributed by atoms with E-state index < -0.39 is 6.43 Å². The van der Waals surface area contributed by atoms with Crippen molar-refractivity contribution < 1.29 is 18.3 Å². The molecule has 112 valence electrons. The summed E-state index contributed by atoms with van der Waals surface area (Å²) in [7, 11) is 2.90. The van der Waals surface area contributed by atoms with E-state index in [2.05, 4.69) is 10.2 Å². The maximum atomic E-state index is 13.0. The summed E-state index contributed by atoms with van der Waals surface area (Å²) in [6.07, 6.45) is -2.58. The van der Waals surface area contributed by atoms with Gasteiger partial charge in [0.1, 0.15) is 11.5 Å². The van der Waals surface area contributed by atoms with Crippen LogP contribution in [0, 0.1) is 0 Å². The molecule has 2 rings (SSSR count). The van der Waals surface area contributed by atoms with Gasteiger partial charge in [0.05, 0.1) is 19.8 Å². The number of ether oxygens (including phenoxy) is 2. The van der Waals surface area contributed by atoms with Crippen LogP contribution >= 0.6 is 0 Å². The van der Waals surface area contributed by atoms with Crippen LogP contribution in [0.15, 0.2) is 12.1 Å². The van der Waals surface area contributed by atoms with E-state index in [-0.39, 0.29) is 11.3 Å². The molecule has 0 aliphatic carbocycles. The number of benzene rings is 1. The van der Waals surface area contributed by atoms with E-state index in [1.807, 2.05) is 0 Å². The molecular weight excluding hydrogens is 266 g/mol. The molecule has 1 aromatic rings. The lowest BCUT2D eigenvalue weighted by atomic mass is 10.1. The number of nitrogens with one attached hydrogen (secondary N) is 1. The molecule has 4 nitrogen and oxygen atoms in total. The van der Waals surface area contributed by atoms with Crippen LogP contribution < -0.4 is 14.8 Å². The largest absolute Gasteiger partial charge is 0.496 e. The fraction of sp³-hybridized carbons (Fsp3) is 0.571. The Morgan fingerprint density at radius 2 is 1.80 bits per heavy atom. The van der Waals surface area contributed by atoms with Crippen LogP contribution in [0.2, 0.25) is 0 Å². The minimum atomic E-state index is -2.58.